The van der Waals surface area contributed by atoms with Gasteiger partial charge in [-0.2, -0.15) is 4.80 Å². The number of nitrogens with zero attached hydrogens (tertiary/aromatic N) is 5. The number of halogens is 1. The zero-order valence-electron chi connectivity index (χ0n) is 15.0. The van der Waals surface area contributed by atoms with Gasteiger partial charge in [0.1, 0.15) is 6.54 Å². The molecule has 8 nitrogen and oxygen atoms in total. The molecule has 0 aliphatic carbocycles. The van der Waals surface area contributed by atoms with Gasteiger partial charge in [-0.25, -0.2) is 0 Å². The van der Waals surface area contributed by atoms with Gasteiger partial charge >= 0.3 is 0 Å². The first kappa shape index (κ1) is 19.1. The van der Waals surface area contributed by atoms with Gasteiger partial charge in [-0.1, -0.05) is 11.6 Å². The predicted octanol–water partition coefficient (Wildman–Crippen LogP) is 2.73. The quantitative estimate of drug-likeness (QED) is 0.599. The fourth-order valence-corrected chi connectivity index (χ4v) is 3.54. The summed E-state index contributed by atoms with van der Waals surface area (Å²) in [6.45, 7) is 0.476. The van der Waals surface area contributed by atoms with Gasteiger partial charge < -0.3 is 14.4 Å². The lowest BCUT2D eigenvalue weighted by Gasteiger charge is -2.15. The van der Waals surface area contributed by atoms with Gasteiger partial charge in [-0.15, -0.1) is 21.5 Å². The predicted molar refractivity (Wildman–Crippen MR) is 102 cm³/mol. The third-order valence-corrected chi connectivity index (χ3v) is 5.03. The zero-order chi connectivity index (χ0) is 19.4. The van der Waals surface area contributed by atoms with Crippen LogP contribution in [-0.2, 0) is 17.9 Å². The molecule has 0 saturated carbocycles. The minimum atomic E-state index is -0.129. The maximum Gasteiger partial charge on any atom is 0.246 e. The summed E-state index contributed by atoms with van der Waals surface area (Å²) in [5.74, 6) is 1.45. The maximum atomic E-state index is 12.4. The monoisotopic (exact) mass is 407 g/mol. The molecule has 2 heterocycles. The van der Waals surface area contributed by atoms with Crippen molar-refractivity contribution in [3.05, 3.63) is 39.5 Å². The summed E-state index contributed by atoms with van der Waals surface area (Å²) < 4.78 is 11.2. The molecule has 2 aromatic heterocycles. The Morgan fingerprint density at radius 2 is 2.00 bits per heavy atom. The molecule has 3 rings (SSSR count). The lowest BCUT2D eigenvalue weighted by molar-refractivity contribution is -0.131. The normalized spacial score (nSPS) is 10.7. The molecule has 0 atom stereocenters. The fourth-order valence-electron chi connectivity index (χ4n) is 2.40. The number of benzene rings is 1. The summed E-state index contributed by atoms with van der Waals surface area (Å²) in [5, 5.41) is 12.3. The number of methoxy groups -OCH3 is 2. The Bertz CT molecular complexity index is 942. The van der Waals surface area contributed by atoms with Crippen LogP contribution in [-0.4, -0.2) is 52.3 Å². The van der Waals surface area contributed by atoms with Gasteiger partial charge in [0.25, 0.3) is 0 Å². The number of likely N-dealkylation sites (N-methyl/N-ethyl adjacent to an activating group) is 1. The highest BCUT2D eigenvalue weighted by atomic mass is 35.5. The Morgan fingerprint density at radius 3 is 2.67 bits per heavy atom. The molecule has 1 aromatic carbocycles. The molecule has 0 radical (unpaired) electrons. The number of ether oxygens (including phenoxy) is 2. The van der Waals surface area contributed by atoms with Crippen molar-refractivity contribution in [1.82, 2.24) is 25.1 Å². The Kier molecular flexibility index (Phi) is 5.92. The van der Waals surface area contributed by atoms with Crippen molar-refractivity contribution in [3.8, 4) is 22.9 Å². The van der Waals surface area contributed by atoms with Crippen LogP contribution in [0.3, 0.4) is 0 Å². The number of rotatable bonds is 7. The third kappa shape index (κ3) is 4.55. The summed E-state index contributed by atoms with van der Waals surface area (Å²) in [4.78, 5) is 16.3. The van der Waals surface area contributed by atoms with Gasteiger partial charge in [-0.3, -0.25) is 4.79 Å². The van der Waals surface area contributed by atoms with Crippen LogP contribution < -0.4 is 9.47 Å². The highest BCUT2D eigenvalue weighted by Gasteiger charge is 2.15. The van der Waals surface area contributed by atoms with Crippen molar-refractivity contribution < 1.29 is 14.3 Å². The van der Waals surface area contributed by atoms with Crippen molar-refractivity contribution in [2.75, 3.05) is 21.3 Å². The molecule has 10 heteroatoms. The van der Waals surface area contributed by atoms with E-state index in [2.05, 4.69) is 15.4 Å². The van der Waals surface area contributed by atoms with Gasteiger partial charge in [0, 0.05) is 17.5 Å². The van der Waals surface area contributed by atoms with E-state index in [0.717, 1.165) is 4.88 Å². The Morgan fingerprint density at radius 1 is 1.22 bits per heavy atom. The maximum absolute atomic E-state index is 12.4. The van der Waals surface area contributed by atoms with Gasteiger partial charge in [0.05, 0.1) is 25.1 Å². The number of thiophene rings is 1. The lowest BCUT2D eigenvalue weighted by Crippen LogP contribution is -2.30. The van der Waals surface area contributed by atoms with E-state index < -0.39 is 0 Å². The number of hydrogen-bond donors (Lipinski definition) is 0. The molecule has 0 fully saturated rings. The molecular formula is C17H18ClN5O3S. The van der Waals surface area contributed by atoms with E-state index in [1.165, 1.54) is 16.1 Å². The molecular weight excluding hydrogens is 390 g/mol. The number of hydrogen-bond acceptors (Lipinski definition) is 7. The molecule has 27 heavy (non-hydrogen) atoms. The highest BCUT2D eigenvalue weighted by molar-refractivity contribution is 7.16. The van der Waals surface area contributed by atoms with Crippen molar-refractivity contribution in [2.24, 2.45) is 0 Å². The van der Waals surface area contributed by atoms with Crippen LogP contribution in [0, 0.1) is 0 Å². The number of tetrazole rings is 1. The molecule has 0 unspecified atom stereocenters. The number of aromatic nitrogens is 4. The first-order chi connectivity index (χ1) is 13.0. The Labute approximate surface area is 165 Å². The second-order valence-corrected chi connectivity index (χ2v) is 7.47. The van der Waals surface area contributed by atoms with Crippen molar-refractivity contribution >= 4 is 28.8 Å². The van der Waals surface area contributed by atoms with Gasteiger partial charge in [0.2, 0.25) is 11.7 Å². The highest BCUT2D eigenvalue weighted by Crippen LogP contribution is 2.30. The van der Waals surface area contributed by atoms with Crippen molar-refractivity contribution in [1.29, 1.82) is 0 Å². The second-order valence-electron chi connectivity index (χ2n) is 5.67. The Hall–Kier alpha value is -2.65. The van der Waals surface area contributed by atoms with Crippen LogP contribution in [0.5, 0.6) is 11.5 Å². The van der Waals surface area contributed by atoms with Crippen LogP contribution in [0.1, 0.15) is 4.88 Å². The fraction of sp³-hybridized carbons (Fsp3) is 0.294. The number of carbonyl (C=O) groups is 1. The average Bonchev–Trinajstić information content (AvgIpc) is 3.30. The van der Waals surface area contributed by atoms with E-state index >= 15 is 0 Å². The summed E-state index contributed by atoms with van der Waals surface area (Å²) in [7, 11) is 4.85. The molecule has 0 spiro atoms. The Balaban J connectivity index is 1.67. The van der Waals surface area contributed by atoms with Crippen LogP contribution in [0.4, 0.5) is 0 Å². The van der Waals surface area contributed by atoms with E-state index in [-0.39, 0.29) is 12.5 Å². The SMILES string of the molecule is COc1ccc(-c2nnn(CC(=O)N(C)Cc3ccc(Cl)s3)n2)cc1OC. The number of amides is 1. The minimum absolute atomic E-state index is 0.00407. The molecule has 0 aliphatic rings. The lowest BCUT2D eigenvalue weighted by atomic mass is 10.2. The molecule has 3 aromatic rings. The average molecular weight is 408 g/mol. The topological polar surface area (TPSA) is 82.4 Å². The van der Waals surface area contributed by atoms with Crippen molar-refractivity contribution in [3.63, 3.8) is 0 Å². The van der Waals surface area contributed by atoms with E-state index in [9.17, 15) is 4.79 Å². The van der Waals surface area contributed by atoms with Crippen LogP contribution in [0.25, 0.3) is 11.4 Å². The molecule has 142 valence electrons. The summed E-state index contributed by atoms with van der Waals surface area (Å²) in [5.41, 5.74) is 0.716. The summed E-state index contributed by atoms with van der Waals surface area (Å²) in [6.07, 6.45) is 0. The van der Waals surface area contributed by atoms with Crippen LogP contribution >= 0.6 is 22.9 Å². The molecule has 0 N–H and O–H groups in total. The smallest absolute Gasteiger partial charge is 0.246 e. The summed E-state index contributed by atoms with van der Waals surface area (Å²) in [6, 6.07) is 9.04. The second kappa shape index (κ2) is 8.36. The number of carbonyl (C=O) groups excluding carboxylic acids is 1. The molecule has 1 amide bonds. The van der Waals surface area contributed by atoms with E-state index in [1.807, 2.05) is 12.1 Å². The zero-order valence-corrected chi connectivity index (χ0v) is 16.6. The molecule has 0 bridgehead atoms. The van der Waals surface area contributed by atoms with E-state index in [1.54, 1.807) is 44.4 Å². The standard InChI is InChI=1S/C17H18ClN5O3S/c1-22(9-12-5-7-15(18)27-12)16(24)10-23-20-17(19-21-23)11-4-6-13(25-2)14(8-11)26-3/h4-8H,9-10H2,1-3H3. The van der Waals surface area contributed by atoms with Crippen LogP contribution in [0.15, 0.2) is 30.3 Å². The third-order valence-electron chi connectivity index (χ3n) is 3.82. The van der Waals surface area contributed by atoms with Crippen molar-refractivity contribution in [2.45, 2.75) is 13.1 Å². The first-order valence-electron chi connectivity index (χ1n) is 7.98. The van der Waals surface area contributed by atoms with Gasteiger partial charge in [0.15, 0.2) is 11.5 Å². The molecule has 0 aliphatic heterocycles. The van der Waals surface area contributed by atoms with E-state index in [4.69, 9.17) is 21.1 Å². The summed E-state index contributed by atoms with van der Waals surface area (Å²) >= 11 is 7.37. The minimum Gasteiger partial charge on any atom is -0.493 e. The van der Waals surface area contributed by atoms with Gasteiger partial charge in [-0.05, 0) is 35.5 Å². The molecule has 0 saturated heterocycles. The largest absolute Gasteiger partial charge is 0.493 e. The van der Waals surface area contributed by atoms with Crippen LogP contribution in [0.2, 0.25) is 4.34 Å². The first-order valence-corrected chi connectivity index (χ1v) is 9.18. The van der Waals surface area contributed by atoms with E-state index in [0.29, 0.717) is 33.8 Å².